The number of carbonyl (C=O) groups excluding carboxylic acids is 4. The van der Waals surface area contributed by atoms with Crippen molar-refractivity contribution in [3.63, 3.8) is 0 Å². The first-order valence-corrected chi connectivity index (χ1v) is 13.7. The highest BCUT2D eigenvalue weighted by Gasteiger charge is 2.66. The lowest BCUT2D eigenvalue weighted by Crippen LogP contribution is -2.68. The zero-order valence-corrected chi connectivity index (χ0v) is 22.1. The van der Waals surface area contributed by atoms with E-state index in [4.69, 9.17) is 5.73 Å². The first-order valence-electron chi connectivity index (χ1n) is 11.3. The maximum Gasteiger partial charge on any atom is 0.342 e. The highest BCUT2D eigenvalue weighted by molar-refractivity contribution is 8.02. The fourth-order valence-electron chi connectivity index (χ4n) is 4.41. The molecule has 0 aromatic heterocycles. The Hall–Kier alpha value is -4.50. The van der Waals surface area contributed by atoms with Crippen LogP contribution in [0.4, 0.5) is 14.0 Å². The zero-order chi connectivity index (χ0) is 30.3. The minimum Gasteiger partial charge on any atom is -0.508 e. The van der Waals surface area contributed by atoms with Gasteiger partial charge in [-0.25, -0.2) is 29.2 Å². The van der Waals surface area contributed by atoms with Crippen molar-refractivity contribution in [1.82, 2.24) is 25.6 Å². The molecule has 4 rings (SSSR count). The summed E-state index contributed by atoms with van der Waals surface area (Å²) >= 11 is 0.639. The molecule has 3 saturated heterocycles. The van der Waals surface area contributed by atoms with Gasteiger partial charge in [0.2, 0.25) is 16.7 Å². The summed E-state index contributed by atoms with van der Waals surface area (Å²) in [6.07, 6.45) is 2.05. The number of carboxylic acid groups (broad SMARTS) is 1. The van der Waals surface area contributed by atoms with Gasteiger partial charge in [0.25, 0.3) is 10.1 Å². The molecule has 220 valence electrons. The van der Waals surface area contributed by atoms with Crippen LogP contribution in [0, 0.1) is 5.82 Å². The number of nitrogens with one attached hydrogen (secondary N) is 2. The fraction of sp³-hybridized carbons (Fsp3) is 0.350. The number of phenolic OH excluding ortho intramolecular Hbond substituents is 1. The molecule has 3 aliphatic rings. The third-order valence-corrected chi connectivity index (χ3v) is 8.97. The van der Waals surface area contributed by atoms with Crippen molar-refractivity contribution in [3.05, 3.63) is 29.6 Å². The van der Waals surface area contributed by atoms with Gasteiger partial charge in [-0.3, -0.25) is 19.0 Å². The average Bonchev–Trinajstić information content (AvgIpc) is 3.42. The van der Waals surface area contributed by atoms with E-state index in [9.17, 15) is 51.5 Å². The third kappa shape index (κ3) is 5.45. The summed E-state index contributed by atoms with van der Waals surface area (Å²) in [5.74, 6) is -5.66. The maximum atomic E-state index is 14.4. The van der Waals surface area contributed by atoms with Crippen LogP contribution in [0.1, 0.15) is 10.8 Å². The van der Waals surface area contributed by atoms with Crippen LogP contribution in [-0.4, -0.2) is 116 Å². The van der Waals surface area contributed by atoms with Crippen LogP contribution in [0.3, 0.4) is 0 Å². The Labute approximate surface area is 233 Å². The van der Waals surface area contributed by atoms with E-state index in [1.165, 1.54) is 0 Å². The second-order valence-electron chi connectivity index (χ2n) is 8.73. The highest BCUT2D eigenvalue weighted by Crippen LogP contribution is 2.49. The van der Waals surface area contributed by atoms with Crippen LogP contribution in [0.25, 0.3) is 0 Å². The van der Waals surface area contributed by atoms with Crippen LogP contribution in [0.15, 0.2) is 28.4 Å². The molecule has 18 nitrogen and oxygen atoms in total. The van der Waals surface area contributed by atoms with Crippen LogP contribution in [0.5, 0.6) is 5.75 Å². The molecule has 0 saturated carbocycles. The lowest BCUT2D eigenvalue weighted by Gasteiger charge is -2.41. The molecule has 3 fully saturated rings. The molecule has 0 aliphatic carbocycles. The number of primary amides is 1. The van der Waals surface area contributed by atoms with E-state index in [-0.39, 0.29) is 13.1 Å². The van der Waals surface area contributed by atoms with Gasteiger partial charge in [0.15, 0.2) is 5.25 Å². The Balaban J connectivity index is 1.51. The minimum atomic E-state index is -5.27. The monoisotopic (exact) mass is 616 g/mol. The normalized spacial score (nSPS) is 25.0. The van der Waals surface area contributed by atoms with Crippen LogP contribution < -0.4 is 16.5 Å². The lowest BCUT2D eigenvalue weighted by molar-refractivity contribution is -0.151. The predicted octanol–water partition coefficient (Wildman–Crippen LogP) is -1.98. The summed E-state index contributed by atoms with van der Waals surface area (Å²) in [5.41, 5.74) is 5.95. The number of thioether (sulfide) groups is 1. The van der Waals surface area contributed by atoms with Gasteiger partial charge in [0, 0.05) is 18.2 Å². The van der Waals surface area contributed by atoms with Gasteiger partial charge in [0.1, 0.15) is 23.0 Å². The highest BCUT2D eigenvalue weighted by atomic mass is 32.2. The summed E-state index contributed by atoms with van der Waals surface area (Å²) in [5, 5.41) is 26.2. The maximum absolute atomic E-state index is 14.4. The number of amides is 6. The molecule has 7 N–H and O–H groups in total. The van der Waals surface area contributed by atoms with E-state index in [0.717, 1.165) is 39.4 Å². The number of benzene rings is 1. The summed E-state index contributed by atoms with van der Waals surface area (Å²) in [7, 11) is -5.27. The summed E-state index contributed by atoms with van der Waals surface area (Å²) in [4.78, 5) is 61.7. The number of hydrazone groups is 2. The molecule has 1 aromatic carbocycles. The first-order chi connectivity index (χ1) is 19.2. The number of β-lactam (4-membered cyclic amide) rings is 1. The number of fused-ring (bicyclic) bond motifs is 1. The number of hydrogen-bond acceptors (Lipinski definition) is 11. The van der Waals surface area contributed by atoms with Crippen molar-refractivity contribution < 1.29 is 51.5 Å². The van der Waals surface area contributed by atoms with Gasteiger partial charge >= 0.3 is 18.0 Å². The molecule has 0 radical (unpaired) electrons. The van der Waals surface area contributed by atoms with Gasteiger partial charge in [0.05, 0.1) is 25.5 Å². The van der Waals surface area contributed by atoms with E-state index in [2.05, 4.69) is 15.5 Å². The number of aliphatic carboxylic acids is 1. The van der Waals surface area contributed by atoms with E-state index >= 15 is 0 Å². The van der Waals surface area contributed by atoms with Gasteiger partial charge in [-0.2, -0.15) is 18.6 Å². The molecule has 3 heterocycles. The predicted molar refractivity (Wildman–Crippen MR) is 136 cm³/mol. The molecule has 3 aliphatic heterocycles. The van der Waals surface area contributed by atoms with Crippen molar-refractivity contribution in [1.29, 1.82) is 0 Å². The first kappa shape index (κ1) is 29.5. The molecule has 1 aromatic rings. The second kappa shape index (κ2) is 10.8. The Kier molecular flexibility index (Phi) is 7.78. The SMILES string of the molecule is NC(=O)N/N=C/C=N\N1CCN([C@]2(C(=O)O)CN3C(=O)[C@@H](NC(=O)C(c4ccc(O)cc4F)S(=O)(=O)O)[C@H]3S2)C1=O. The van der Waals surface area contributed by atoms with Gasteiger partial charge < -0.3 is 26.2 Å². The number of hydrogen-bond donors (Lipinski definition) is 6. The summed E-state index contributed by atoms with van der Waals surface area (Å²) in [6.45, 7) is -0.650. The number of carbonyl (C=O) groups is 5. The molecule has 0 bridgehead atoms. The van der Waals surface area contributed by atoms with E-state index in [1.807, 2.05) is 5.43 Å². The number of rotatable bonds is 9. The average molecular weight is 617 g/mol. The summed E-state index contributed by atoms with van der Waals surface area (Å²) in [6, 6.07) is -1.06. The van der Waals surface area contributed by atoms with Crippen LogP contribution in [-0.2, 0) is 24.5 Å². The topological polar surface area (TPSA) is 265 Å². The number of urea groups is 2. The number of halogens is 1. The molecular formula is C20H21FN8O10S2. The third-order valence-electron chi connectivity index (χ3n) is 6.22. The Morgan fingerprint density at radius 3 is 2.56 bits per heavy atom. The molecule has 6 amide bonds. The molecular weight excluding hydrogens is 595 g/mol. The Morgan fingerprint density at radius 2 is 1.95 bits per heavy atom. The van der Waals surface area contributed by atoms with Gasteiger partial charge in [-0.1, -0.05) is 17.8 Å². The lowest BCUT2D eigenvalue weighted by atomic mass is 10.0. The molecule has 21 heteroatoms. The molecule has 41 heavy (non-hydrogen) atoms. The zero-order valence-electron chi connectivity index (χ0n) is 20.4. The Bertz CT molecular complexity index is 1490. The second-order valence-corrected chi connectivity index (χ2v) is 11.6. The van der Waals surface area contributed by atoms with Crippen molar-refractivity contribution in [2.24, 2.45) is 15.9 Å². The van der Waals surface area contributed by atoms with Gasteiger partial charge in [-0.05, 0) is 6.07 Å². The Morgan fingerprint density at radius 1 is 1.24 bits per heavy atom. The number of aromatic hydroxyl groups is 1. The van der Waals surface area contributed by atoms with Crippen LogP contribution >= 0.6 is 11.8 Å². The van der Waals surface area contributed by atoms with E-state index in [1.54, 1.807) is 0 Å². The molecule has 1 unspecified atom stereocenters. The minimum absolute atomic E-state index is 0.0466. The smallest absolute Gasteiger partial charge is 0.342 e. The fourth-order valence-corrected chi connectivity index (χ4v) is 6.90. The number of carboxylic acids is 1. The standard InChI is InChI=1S/C20H21FN8O10S2/c21-11-7-9(30)1-2-10(11)13(41(37,38)39)14(31)25-12-15(32)27-8-20(17(33)34,40-16(12)27)28-5-6-29(19(28)36)24-4-3-23-26-18(22)35/h1-4,7,12-13,16,30H,5-6,8H2,(H,25,31)(H,33,34)(H3,22,26,35)(H,37,38,39)/b23-3+,24-4-/t12-,13?,16-,20-/m1/s1. The summed E-state index contributed by atoms with van der Waals surface area (Å²) < 4.78 is 47.9. The van der Waals surface area contributed by atoms with Crippen molar-refractivity contribution in [3.8, 4) is 5.75 Å². The molecule has 4 atom stereocenters. The van der Waals surface area contributed by atoms with E-state index in [0.29, 0.717) is 17.8 Å². The van der Waals surface area contributed by atoms with Crippen molar-refractivity contribution >= 4 is 64.2 Å². The number of nitrogens with zero attached hydrogens (tertiary/aromatic N) is 5. The van der Waals surface area contributed by atoms with Gasteiger partial charge in [-0.15, -0.1) is 0 Å². The van der Waals surface area contributed by atoms with Crippen LogP contribution in [0.2, 0.25) is 0 Å². The van der Waals surface area contributed by atoms with Crippen molar-refractivity contribution in [2.45, 2.75) is 21.5 Å². The quantitative estimate of drug-likeness (QED) is 0.0766. The largest absolute Gasteiger partial charge is 0.508 e. The number of phenols is 1. The number of nitrogens with two attached hydrogens (primary N) is 1. The molecule has 0 spiro atoms. The van der Waals surface area contributed by atoms with Crippen molar-refractivity contribution in [2.75, 3.05) is 19.6 Å². The van der Waals surface area contributed by atoms with E-state index < -0.39 is 85.2 Å².